The van der Waals surface area contributed by atoms with Gasteiger partial charge in [-0.15, -0.1) is 0 Å². The summed E-state index contributed by atoms with van der Waals surface area (Å²) in [4.78, 5) is 24.1. The molecule has 0 saturated carbocycles. The summed E-state index contributed by atoms with van der Waals surface area (Å²) in [6.45, 7) is 0. The Morgan fingerprint density at radius 3 is 1.18 bits per heavy atom. The Morgan fingerprint density at radius 1 is 0.489 bits per heavy atom. The van der Waals surface area contributed by atoms with Gasteiger partial charge < -0.3 is 59.9 Å². The van der Waals surface area contributed by atoms with Crippen molar-refractivity contribution in [2.45, 2.75) is 0 Å². The van der Waals surface area contributed by atoms with Crippen LogP contribution in [0, 0.1) is 0 Å². The normalized spacial score (nSPS) is 10.7. The van der Waals surface area contributed by atoms with E-state index in [2.05, 4.69) is 0 Å². The van der Waals surface area contributed by atoms with Crippen LogP contribution in [0.2, 0.25) is 0 Å². The van der Waals surface area contributed by atoms with E-state index in [0.29, 0.717) is 0 Å². The molecular weight excluding hydrogens is 632 g/mol. The zero-order valence-electron chi connectivity index (χ0n) is 22.2. The van der Waals surface area contributed by atoms with Gasteiger partial charge in [-0.1, -0.05) is 11.5 Å². The van der Waals surface area contributed by atoms with Gasteiger partial charge in [0.05, 0.1) is 0 Å². The van der Waals surface area contributed by atoms with Crippen molar-refractivity contribution in [1.29, 1.82) is 0 Å². The quantitative estimate of drug-likeness (QED) is 0.145. The predicted molar refractivity (Wildman–Crippen MR) is 144 cm³/mol. The van der Waals surface area contributed by atoms with Crippen LogP contribution in [0.15, 0.2) is 79.1 Å². The minimum Gasteiger partial charge on any atom is -0.872 e. The summed E-state index contributed by atoms with van der Waals surface area (Å²) in [6.07, 6.45) is 0. The molecule has 224 valence electrons. The summed E-state index contributed by atoms with van der Waals surface area (Å²) in [6, 6.07) is 10.3. The van der Waals surface area contributed by atoms with Crippen LogP contribution in [-0.2, 0) is 21.7 Å². The number of fused-ring (bicyclic) bond motifs is 2. The van der Waals surface area contributed by atoms with Crippen LogP contribution in [0.4, 0.5) is 0 Å². The zero-order valence-corrected chi connectivity index (χ0v) is 23.8. The molecule has 2 heterocycles. The van der Waals surface area contributed by atoms with Gasteiger partial charge in [-0.2, -0.15) is 0 Å². The van der Waals surface area contributed by atoms with Gasteiger partial charge in [0.1, 0.15) is 68.0 Å². The first-order valence-corrected chi connectivity index (χ1v) is 12.2. The topological polar surface area (TPSA) is 274 Å². The molecule has 0 bridgehead atoms. The number of aromatic hydroxyl groups is 6. The maximum atomic E-state index is 12.1. The van der Waals surface area contributed by atoms with E-state index in [-0.39, 0.29) is 77.8 Å². The summed E-state index contributed by atoms with van der Waals surface area (Å²) < 4.78 is 10.5. The Hall–Kier alpha value is -5.99. The fourth-order valence-corrected chi connectivity index (χ4v) is 4.29. The third kappa shape index (κ3) is 5.82. The number of hydrogen-bond donors (Lipinski definition) is 6. The molecule has 0 aliphatic heterocycles. The molecule has 0 amide bonds. The van der Waals surface area contributed by atoms with Crippen LogP contribution in [0.1, 0.15) is 0 Å². The van der Waals surface area contributed by atoms with Gasteiger partial charge in [0.25, 0.3) is 0 Å². The second-order valence-corrected chi connectivity index (χ2v) is 9.22. The number of rotatable bonds is 2. The Kier molecular flexibility index (Phi) is 8.48. The van der Waals surface area contributed by atoms with Crippen LogP contribution in [0.3, 0.4) is 0 Å². The van der Waals surface area contributed by atoms with Crippen LogP contribution < -0.4 is 31.3 Å². The van der Waals surface area contributed by atoms with E-state index >= 15 is 0 Å². The van der Waals surface area contributed by atoms with Crippen LogP contribution >= 0.6 is 0 Å². The molecule has 0 aliphatic rings. The SMILES string of the molecule is O=c1c([O-])c(-c2ccc(O)cc2[O-])oc2cc(O)cc(O)c12.O=c1c([O-])c(-c2ccc(O)cc2[O-])oc2cc(O)cc(O)c12.[Ti+4]. The van der Waals surface area contributed by atoms with Crippen molar-refractivity contribution in [3.8, 4) is 80.1 Å². The van der Waals surface area contributed by atoms with Crippen molar-refractivity contribution in [2.24, 2.45) is 0 Å². The van der Waals surface area contributed by atoms with Gasteiger partial charge in [-0.3, -0.25) is 9.59 Å². The molecule has 2 aromatic heterocycles. The predicted octanol–water partition coefficient (Wildman–Crippen LogP) is 1.45. The molecule has 14 nitrogen and oxygen atoms in total. The molecule has 0 unspecified atom stereocenters. The van der Waals surface area contributed by atoms with Crippen molar-refractivity contribution in [3.05, 3.63) is 81.1 Å². The first kappa shape index (κ1) is 31.9. The number of phenolic OH excluding ortho intramolecular Hbond substituents is 6. The third-order valence-corrected chi connectivity index (χ3v) is 6.25. The Labute approximate surface area is 264 Å². The van der Waals surface area contributed by atoms with E-state index in [4.69, 9.17) is 8.83 Å². The van der Waals surface area contributed by atoms with Gasteiger partial charge >= 0.3 is 21.7 Å². The molecule has 0 aliphatic carbocycles. The molecule has 0 radical (unpaired) electrons. The molecule has 6 rings (SSSR count). The molecule has 0 spiro atoms. The minimum absolute atomic E-state index is 0. The van der Waals surface area contributed by atoms with E-state index in [9.17, 15) is 60.7 Å². The first-order chi connectivity index (χ1) is 20.8. The second kappa shape index (κ2) is 12.0. The zero-order chi connectivity index (χ0) is 32.0. The fourth-order valence-electron chi connectivity index (χ4n) is 4.29. The van der Waals surface area contributed by atoms with Crippen LogP contribution in [0.5, 0.6) is 57.5 Å². The Morgan fingerprint density at radius 2 is 0.844 bits per heavy atom. The van der Waals surface area contributed by atoms with Gasteiger partial charge in [-0.25, -0.2) is 0 Å². The summed E-state index contributed by atoms with van der Waals surface area (Å²) >= 11 is 0. The van der Waals surface area contributed by atoms with Gasteiger partial charge in [0, 0.05) is 35.4 Å². The van der Waals surface area contributed by atoms with E-state index in [1.165, 1.54) is 12.1 Å². The van der Waals surface area contributed by atoms with E-state index in [0.717, 1.165) is 48.5 Å². The maximum absolute atomic E-state index is 12.1. The second-order valence-electron chi connectivity index (χ2n) is 9.22. The summed E-state index contributed by atoms with van der Waals surface area (Å²) in [5.74, 6) is -7.17. The van der Waals surface area contributed by atoms with E-state index in [1.54, 1.807) is 0 Å². The van der Waals surface area contributed by atoms with Gasteiger partial charge in [0.15, 0.2) is 10.9 Å². The number of benzene rings is 4. The monoisotopic (exact) mass is 648 g/mol. The van der Waals surface area contributed by atoms with Crippen LogP contribution in [-0.4, -0.2) is 30.6 Å². The Balaban J connectivity index is 0.000000200. The van der Waals surface area contributed by atoms with E-state index in [1.807, 2.05) is 0 Å². The molecule has 4 aromatic carbocycles. The molecule has 45 heavy (non-hydrogen) atoms. The first-order valence-electron chi connectivity index (χ1n) is 12.2. The number of phenols is 6. The molecule has 0 saturated heterocycles. The average molecular weight is 648 g/mol. The summed E-state index contributed by atoms with van der Waals surface area (Å²) in [5, 5.41) is 104. The molecule has 6 N–H and O–H groups in total. The Bertz CT molecular complexity index is 2080. The molecule has 15 heteroatoms. The van der Waals surface area contributed by atoms with Gasteiger partial charge in [-0.05, 0) is 47.9 Å². The smallest absolute Gasteiger partial charge is 0.872 e. The number of hydrogen-bond acceptors (Lipinski definition) is 14. The van der Waals surface area contributed by atoms with Crippen LogP contribution in [0.25, 0.3) is 44.6 Å². The average Bonchev–Trinajstić information content (AvgIpc) is 2.93. The van der Waals surface area contributed by atoms with E-state index < -0.39 is 56.9 Å². The van der Waals surface area contributed by atoms with Crippen molar-refractivity contribution in [3.63, 3.8) is 0 Å². The van der Waals surface area contributed by atoms with Crippen molar-refractivity contribution < 1.29 is 81.6 Å². The fraction of sp³-hybridized carbons (Fsp3) is 0. The molecule has 0 atom stereocenters. The largest absolute Gasteiger partial charge is 4.00 e. The molecule has 6 aromatic rings. The minimum atomic E-state index is -1.10. The summed E-state index contributed by atoms with van der Waals surface area (Å²) in [7, 11) is 0. The standard InChI is InChI=1S/2C15H10O7.Ti/c2*16-6-1-2-8(9(18)3-6)15-14(21)13(20)12-10(19)4-7(17)5-11(12)22-15;/h2*1-5,16-19,21H;/q;;+4/p-4. The molecule has 0 fully saturated rings. The summed E-state index contributed by atoms with van der Waals surface area (Å²) in [5.41, 5.74) is -2.98. The van der Waals surface area contributed by atoms with Crippen molar-refractivity contribution in [2.75, 3.05) is 0 Å². The molecular formula is C30H16O14Ti. The third-order valence-electron chi connectivity index (χ3n) is 6.25. The van der Waals surface area contributed by atoms with Crippen molar-refractivity contribution in [1.82, 2.24) is 0 Å². The van der Waals surface area contributed by atoms with Gasteiger partial charge in [0.2, 0.25) is 0 Å². The maximum Gasteiger partial charge on any atom is 4.00 e. The van der Waals surface area contributed by atoms with Crippen molar-refractivity contribution >= 4 is 21.9 Å².